The molecule has 0 spiro atoms. The largest absolute Gasteiger partial charge is 0.326 e. The molecule has 6 nitrogen and oxygen atoms in total. The van der Waals surface area contributed by atoms with Crippen molar-refractivity contribution in [3.05, 3.63) is 36.4 Å². The molecule has 24 heavy (non-hydrogen) atoms. The van der Waals surface area contributed by atoms with Crippen molar-refractivity contribution in [1.82, 2.24) is 9.62 Å². The zero-order valence-corrected chi connectivity index (χ0v) is 14.4. The molecule has 0 aromatic heterocycles. The van der Waals surface area contributed by atoms with E-state index >= 15 is 0 Å². The van der Waals surface area contributed by atoms with Gasteiger partial charge in [-0.2, -0.15) is 4.31 Å². The molecule has 0 unspecified atom stereocenters. The van der Waals surface area contributed by atoms with Gasteiger partial charge in [0.15, 0.2) is 0 Å². The predicted octanol–water partition coefficient (Wildman–Crippen LogP) is 1.78. The van der Waals surface area contributed by atoms with E-state index in [-0.39, 0.29) is 10.8 Å². The third-order valence-corrected chi connectivity index (χ3v) is 6.07. The van der Waals surface area contributed by atoms with E-state index in [1.807, 2.05) is 18.2 Å². The molecule has 7 heteroatoms. The normalized spacial score (nSPS) is 16.7. The van der Waals surface area contributed by atoms with Gasteiger partial charge in [-0.25, -0.2) is 8.42 Å². The fraction of sp³-hybridized carbons (Fsp3) is 0.353. The highest BCUT2D eigenvalue weighted by Gasteiger charge is 2.27. The number of rotatable bonds is 3. The first-order chi connectivity index (χ1) is 11.5. The number of benzene rings is 2. The van der Waals surface area contributed by atoms with Crippen LogP contribution in [0.4, 0.5) is 5.69 Å². The summed E-state index contributed by atoms with van der Waals surface area (Å²) in [6, 6.07) is 10.5. The Morgan fingerprint density at radius 3 is 2.58 bits per heavy atom. The predicted molar refractivity (Wildman–Crippen MR) is 94.5 cm³/mol. The van der Waals surface area contributed by atoms with Gasteiger partial charge in [-0.1, -0.05) is 24.3 Å². The van der Waals surface area contributed by atoms with E-state index in [0.717, 1.165) is 18.4 Å². The first-order valence-electron chi connectivity index (χ1n) is 8.00. The molecule has 0 bridgehead atoms. The summed E-state index contributed by atoms with van der Waals surface area (Å²) in [5.41, 5.74) is 0.620. The Labute approximate surface area is 141 Å². The Morgan fingerprint density at radius 2 is 1.83 bits per heavy atom. The summed E-state index contributed by atoms with van der Waals surface area (Å²) in [5, 5.41) is 7.32. The van der Waals surface area contributed by atoms with Gasteiger partial charge in [0.05, 0.1) is 4.90 Å². The van der Waals surface area contributed by atoms with Crippen LogP contribution in [0.25, 0.3) is 10.8 Å². The topological polar surface area (TPSA) is 78.5 Å². The molecule has 1 fully saturated rings. The van der Waals surface area contributed by atoms with Crippen LogP contribution in [0.5, 0.6) is 0 Å². The number of sulfonamides is 1. The molecule has 1 amide bonds. The quantitative estimate of drug-likeness (QED) is 0.887. The van der Waals surface area contributed by atoms with E-state index in [1.54, 1.807) is 18.2 Å². The van der Waals surface area contributed by atoms with Crippen molar-refractivity contribution in [3.8, 4) is 0 Å². The van der Waals surface area contributed by atoms with Crippen molar-refractivity contribution in [3.63, 3.8) is 0 Å². The lowest BCUT2D eigenvalue weighted by Crippen LogP contribution is -2.34. The SMILES string of the molecule is CC(=O)Nc1ccc(S(=O)(=O)N2CCCNCC2)c2ccccc12. The molecule has 3 rings (SSSR count). The van der Waals surface area contributed by atoms with Gasteiger partial charge in [-0.3, -0.25) is 4.79 Å². The minimum Gasteiger partial charge on any atom is -0.326 e. The number of anilines is 1. The number of fused-ring (bicyclic) bond motifs is 1. The molecule has 0 atom stereocenters. The maximum atomic E-state index is 13.1. The molecular weight excluding hydrogens is 326 g/mol. The number of nitrogens with zero attached hydrogens (tertiary/aromatic N) is 1. The van der Waals surface area contributed by atoms with Crippen LogP contribution in [-0.4, -0.2) is 44.8 Å². The summed E-state index contributed by atoms with van der Waals surface area (Å²) in [6.07, 6.45) is 0.793. The van der Waals surface area contributed by atoms with E-state index < -0.39 is 10.0 Å². The number of carbonyl (C=O) groups excluding carboxylic acids is 1. The number of nitrogens with one attached hydrogen (secondary N) is 2. The number of hydrogen-bond acceptors (Lipinski definition) is 4. The number of hydrogen-bond donors (Lipinski definition) is 2. The van der Waals surface area contributed by atoms with Crippen molar-refractivity contribution in [2.45, 2.75) is 18.2 Å². The highest BCUT2D eigenvalue weighted by Crippen LogP contribution is 2.31. The lowest BCUT2D eigenvalue weighted by Gasteiger charge is -2.21. The minimum absolute atomic E-state index is 0.186. The van der Waals surface area contributed by atoms with Gasteiger partial charge in [-0.15, -0.1) is 0 Å². The van der Waals surface area contributed by atoms with E-state index in [4.69, 9.17) is 0 Å². The molecular formula is C17H21N3O3S. The highest BCUT2D eigenvalue weighted by atomic mass is 32.2. The average molecular weight is 347 g/mol. The van der Waals surface area contributed by atoms with Crippen LogP contribution >= 0.6 is 0 Å². The summed E-state index contributed by atoms with van der Waals surface area (Å²) in [7, 11) is -3.58. The third-order valence-electron chi connectivity index (χ3n) is 4.11. The van der Waals surface area contributed by atoms with E-state index in [9.17, 15) is 13.2 Å². The maximum Gasteiger partial charge on any atom is 0.243 e. The van der Waals surface area contributed by atoms with E-state index in [2.05, 4.69) is 10.6 Å². The fourth-order valence-corrected chi connectivity index (χ4v) is 4.67. The van der Waals surface area contributed by atoms with Crippen LogP contribution in [-0.2, 0) is 14.8 Å². The molecule has 1 aliphatic heterocycles. The summed E-state index contributed by atoms with van der Waals surface area (Å²) < 4.78 is 27.7. The van der Waals surface area contributed by atoms with E-state index in [1.165, 1.54) is 11.2 Å². The van der Waals surface area contributed by atoms with Crippen LogP contribution in [0.3, 0.4) is 0 Å². The summed E-state index contributed by atoms with van der Waals surface area (Å²) in [6.45, 7) is 3.89. The van der Waals surface area contributed by atoms with E-state index in [0.29, 0.717) is 30.7 Å². The molecule has 0 saturated carbocycles. The van der Waals surface area contributed by atoms with Gasteiger partial charge in [-0.05, 0) is 25.1 Å². The molecule has 128 valence electrons. The van der Waals surface area contributed by atoms with Crippen molar-refractivity contribution in [2.24, 2.45) is 0 Å². The van der Waals surface area contributed by atoms with Gasteiger partial charge < -0.3 is 10.6 Å². The molecule has 1 saturated heterocycles. The molecule has 1 aliphatic rings. The van der Waals surface area contributed by atoms with Crippen LogP contribution < -0.4 is 10.6 Å². The first-order valence-corrected chi connectivity index (χ1v) is 9.44. The van der Waals surface area contributed by atoms with Crippen molar-refractivity contribution < 1.29 is 13.2 Å². The Bertz CT molecular complexity index is 857. The molecule has 2 N–H and O–H groups in total. The second-order valence-corrected chi connectivity index (χ2v) is 7.75. The van der Waals surface area contributed by atoms with Crippen molar-refractivity contribution in [1.29, 1.82) is 0 Å². The number of carbonyl (C=O) groups is 1. The average Bonchev–Trinajstić information content (AvgIpc) is 2.84. The van der Waals surface area contributed by atoms with Gasteiger partial charge in [0.1, 0.15) is 0 Å². The molecule has 2 aromatic rings. The van der Waals surface area contributed by atoms with Gasteiger partial charge >= 0.3 is 0 Å². The van der Waals surface area contributed by atoms with Gasteiger partial charge in [0.25, 0.3) is 0 Å². The molecule has 2 aromatic carbocycles. The standard InChI is InChI=1S/C17H21N3O3S/c1-13(21)19-16-7-8-17(15-6-3-2-5-14(15)16)24(22,23)20-11-4-9-18-10-12-20/h2-3,5-8,18H,4,9-12H2,1H3,(H,19,21). The summed E-state index contributed by atoms with van der Waals surface area (Å²) in [5.74, 6) is -0.186. The summed E-state index contributed by atoms with van der Waals surface area (Å²) in [4.78, 5) is 11.7. The monoisotopic (exact) mass is 347 g/mol. The highest BCUT2D eigenvalue weighted by molar-refractivity contribution is 7.89. The van der Waals surface area contributed by atoms with Gasteiger partial charge in [0, 0.05) is 43.0 Å². The van der Waals surface area contributed by atoms with Crippen molar-refractivity contribution in [2.75, 3.05) is 31.5 Å². The third kappa shape index (κ3) is 3.28. The Balaban J connectivity index is 2.11. The zero-order valence-electron chi connectivity index (χ0n) is 13.6. The Morgan fingerprint density at radius 1 is 1.08 bits per heavy atom. The van der Waals surface area contributed by atoms with Crippen LogP contribution in [0.1, 0.15) is 13.3 Å². The minimum atomic E-state index is -3.58. The van der Waals surface area contributed by atoms with Crippen LogP contribution in [0.15, 0.2) is 41.3 Å². The second-order valence-electron chi connectivity index (χ2n) is 5.85. The smallest absolute Gasteiger partial charge is 0.243 e. The number of amides is 1. The maximum absolute atomic E-state index is 13.1. The van der Waals surface area contributed by atoms with Crippen LogP contribution in [0, 0.1) is 0 Å². The fourth-order valence-electron chi connectivity index (χ4n) is 3.00. The molecule has 0 aliphatic carbocycles. The Kier molecular flexibility index (Phi) is 4.84. The van der Waals surface area contributed by atoms with Crippen LogP contribution in [0.2, 0.25) is 0 Å². The molecule has 1 heterocycles. The van der Waals surface area contributed by atoms with Crippen molar-refractivity contribution >= 4 is 32.4 Å². The lowest BCUT2D eigenvalue weighted by atomic mass is 10.1. The zero-order chi connectivity index (χ0) is 17.2. The summed E-state index contributed by atoms with van der Waals surface area (Å²) >= 11 is 0. The van der Waals surface area contributed by atoms with Gasteiger partial charge in [0.2, 0.25) is 15.9 Å². The molecule has 0 radical (unpaired) electrons. The first kappa shape index (κ1) is 16.9. The Hall–Kier alpha value is -1.96. The lowest BCUT2D eigenvalue weighted by molar-refractivity contribution is -0.114. The second kappa shape index (κ2) is 6.88.